The van der Waals surface area contributed by atoms with Crippen molar-refractivity contribution in [1.82, 2.24) is 19.8 Å². The Morgan fingerprint density at radius 1 is 0.943 bits per heavy atom. The Hall–Kier alpha value is -3.67. The van der Waals surface area contributed by atoms with Crippen molar-refractivity contribution in [2.24, 2.45) is 0 Å². The molecule has 178 valence electrons. The molecule has 1 fully saturated rings. The van der Waals surface area contributed by atoms with Gasteiger partial charge in [0.15, 0.2) is 0 Å². The summed E-state index contributed by atoms with van der Waals surface area (Å²) in [5.74, 6) is 0.203. The molecule has 35 heavy (non-hydrogen) atoms. The molecule has 2 aromatic carbocycles. The number of pyridine rings is 1. The smallest absolute Gasteiger partial charge is 0.255 e. The first-order valence-electron chi connectivity index (χ1n) is 12.6. The van der Waals surface area contributed by atoms with Crippen LogP contribution in [0, 0.1) is 6.92 Å². The standard InChI is InChI=1S/C29H30N4O2/c1-19-10-11-26-23(16-19)28(22-7-3-5-9-25(22)31-26)29(35)33-14-12-32(13-15-33)27(34)17-20-18-30-24-8-4-2-6-21(20)24/h2,4,6,8,10-11,16,18,30H,3,5,7,9,12-15,17H2,1H3. The molecule has 1 N–H and O–H groups in total. The van der Waals surface area contributed by atoms with Crippen molar-refractivity contribution in [2.75, 3.05) is 26.2 Å². The van der Waals surface area contributed by atoms with Gasteiger partial charge in [0.2, 0.25) is 5.91 Å². The van der Waals surface area contributed by atoms with Crippen LogP contribution >= 0.6 is 0 Å². The predicted octanol–water partition coefficient (Wildman–Crippen LogP) is 4.43. The molecule has 4 aromatic rings. The first kappa shape index (κ1) is 21.8. The lowest BCUT2D eigenvalue weighted by Gasteiger charge is -2.35. The Kier molecular flexibility index (Phi) is 5.51. The number of H-pyrrole nitrogens is 1. The lowest BCUT2D eigenvalue weighted by Crippen LogP contribution is -2.51. The Balaban J connectivity index is 1.21. The Bertz CT molecular complexity index is 1450. The highest BCUT2D eigenvalue weighted by atomic mass is 16.2. The highest BCUT2D eigenvalue weighted by Gasteiger charge is 2.29. The van der Waals surface area contributed by atoms with Gasteiger partial charge in [-0.15, -0.1) is 0 Å². The third-order valence-electron chi connectivity index (χ3n) is 7.57. The molecular weight excluding hydrogens is 436 g/mol. The second-order valence-electron chi connectivity index (χ2n) is 9.85. The van der Waals surface area contributed by atoms with Crippen LogP contribution in [0.15, 0.2) is 48.7 Å². The minimum atomic E-state index is 0.0878. The molecule has 2 aliphatic rings. The number of aryl methyl sites for hydroxylation is 2. The van der Waals surface area contributed by atoms with Crippen LogP contribution in [0.4, 0.5) is 0 Å². The number of aromatic nitrogens is 2. The Morgan fingerprint density at radius 3 is 2.57 bits per heavy atom. The van der Waals surface area contributed by atoms with Crippen molar-refractivity contribution in [1.29, 1.82) is 0 Å². The largest absolute Gasteiger partial charge is 0.361 e. The summed E-state index contributed by atoms with van der Waals surface area (Å²) in [6.07, 6.45) is 6.39. The molecule has 2 amide bonds. The zero-order valence-electron chi connectivity index (χ0n) is 20.1. The van der Waals surface area contributed by atoms with Gasteiger partial charge in [-0.1, -0.05) is 29.8 Å². The lowest BCUT2D eigenvalue weighted by molar-refractivity contribution is -0.131. The Labute approximate surface area is 204 Å². The fraction of sp³-hybridized carbons (Fsp3) is 0.345. The summed E-state index contributed by atoms with van der Waals surface area (Å²) in [7, 11) is 0. The molecule has 1 aliphatic carbocycles. The molecule has 1 saturated heterocycles. The molecule has 2 aromatic heterocycles. The molecule has 6 heteroatoms. The summed E-state index contributed by atoms with van der Waals surface area (Å²) in [6.45, 7) is 4.31. The molecule has 0 atom stereocenters. The van der Waals surface area contributed by atoms with Gasteiger partial charge in [-0.05, 0) is 61.9 Å². The molecular formula is C29H30N4O2. The van der Waals surface area contributed by atoms with Crippen molar-refractivity contribution in [3.05, 3.63) is 76.6 Å². The normalized spacial score (nSPS) is 16.0. The van der Waals surface area contributed by atoms with Crippen LogP contribution in [0.1, 0.15) is 45.6 Å². The zero-order valence-corrected chi connectivity index (χ0v) is 20.1. The maximum atomic E-state index is 13.9. The summed E-state index contributed by atoms with van der Waals surface area (Å²) in [5, 5.41) is 2.06. The molecule has 0 saturated carbocycles. The number of nitrogens with one attached hydrogen (secondary N) is 1. The van der Waals surface area contributed by atoms with E-state index in [2.05, 4.69) is 24.0 Å². The second-order valence-corrected chi connectivity index (χ2v) is 9.85. The van der Waals surface area contributed by atoms with Gasteiger partial charge < -0.3 is 14.8 Å². The van der Waals surface area contributed by atoms with Gasteiger partial charge in [-0.25, -0.2) is 0 Å². The summed E-state index contributed by atoms with van der Waals surface area (Å²) < 4.78 is 0. The van der Waals surface area contributed by atoms with Crippen LogP contribution in [0.5, 0.6) is 0 Å². The van der Waals surface area contributed by atoms with E-state index < -0.39 is 0 Å². The maximum absolute atomic E-state index is 13.9. The van der Waals surface area contributed by atoms with Gasteiger partial charge >= 0.3 is 0 Å². The Morgan fingerprint density at radius 2 is 1.71 bits per heavy atom. The minimum Gasteiger partial charge on any atom is -0.361 e. The van der Waals surface area contributed by atoms with Crippen LogP contribution in [0.3, 0.4) is 0 Å². The average Bonchev–Trinajstić information content (AvgIpc) is 3.30. The number of fused-ring (bicyclic) bond motifs is 3. The van der Waals surface area contributed by atoms with Gasteiger partial charge in [0, 0.05) is 54.4 Å². The van der Waals surface area contributed by atoms with Crippen LogP contribution in [-0.2, 0) is 24.1 Å². The number of nitrogens with zero attached hydrogens (tertiary/aromatic N) is 3. The van der Waals surface area contributed by atoms with Gasteiger partial charge in [0.25, 0.3) is 5.91 Å². The number of benzene rings is 2. The highest BCUT2D eigenvalue weighted by Crippen LogP contribution is 2.31. The van der Waals surface area contributed by atoms with Crippen molar-refractivity contribution in [2.45, 2.75) is 39.0 Å². The highest BCUT2D eigenvalue weighted by molar-refractivity contribution is 6.08. The number of aromatic amines is 1. The van der Waals surface area contributed by atoms with E-state index in [9.17, 15) is 9.59 Å². The first-order chi connectivity index (χ1) is 17.1. The van der Waals surface area contributed by atoms with Crippen LogP contribution in [-0.4, -0.2) is 57.8 Å². The average molecular weight is 467 g/mol. The molecule has 1 aliphatic heterocycles. The third kappa shape index (κ3) is 3.97. The number of carbonyl (C=O) groups is 2. The van der Waals surface area contributed by atoms with Crippen LogP contribution < -0.4 is 0 Å². The van der Waals surface area contributed by atoms with Crippen molar-refractivity contribution in [3.63, 3.8) is 0 Å². The molecule has 6 rings (SSSR count). The van der Waals surface area contributed by atoms with E-state index >= 15 is 0 Å². The number of rotatable bonds is 3. The maximum Gasteiger partial charge on any atom is 0.255 e. The first-order valence-corrected chi connectivity index (χ1v) is 12.6. The van der Waals surface area contributed by atoms with E-state index in [1.54, 1.807) is 0 Å². The third-order valence-corrected chi connectivity index (χ3v) is 7.57. The minimum absolute atomic E-state index is 0.0878. The van der Waals surface area contributed by atoms with Crippen molar-refractivity contribution in [3.8, 4) is 0 Å². The van der Waals surface area contributed by atoms with E-state index in [1.807, 2.05) is 46.3 Å². The van der Waals surface area contributed by atoms with Gasteiger partial charge in [-0.2, -0.15) is 0 Å². The monoisotopic (exact) mass is 466 g/mol. The molecule has 3 heterocycles. The number of hydrogen-bond donors (Lipinski definition) is 1. The second kappa shape index (κ2) is 8.84. The van der Waals surface area contributed by atoms with E-state index in [4.69, 9.17) is 4.98 Å². The van der Waals surface area contributed by atoms with Gasteiger partial charge in [-0.3, -0.25) is 14.6 Å². The molecule has 6 nitrogen and oxygen atoms in total. The SMILES string of the molecule is Cc1ccc2nc3c(c(C(=O)N4CCN(C(=O)Cc5c[nH]c6ccccc56)CC4)c2c1)CCCC3. The summed E-state index contributed by atoms with van der Waals surface area (Å²) in [5.41, 5.74) is 7.18. The van der Waals surface area contributed by atoms with Crippen molar-refractivity contribution >= 4 is 33.6 Å². The number of piperazine rings is 1. The van der Waals surface area contributed by atoms with Gasteiger partial charge in [0.05, 0.1) is 17.5 Å². The topological polar surface area (TPSA) is 69.3 Å². The number of amides is 2. The summed E-state index contributed by atoms with van der Waals surface area (Å²) in [6, 6.07) is 14.3. The van der Waals surface area contributed by atoms with E-state index in [0.717, 1.165) is 75.4 Å². The fourth-order valence-corrected chi connectivity index (χ4v) is 5.65. The van der Waals surface area contributed by atoms with Crippen LogP contribution in [0.25, 0.3) is 21.8 Å². The number of hydrogen-bond acceptors (Lipinski definition) is 3. The lowest BCUT2D eigenvalue weighted by atomic mass is 9.89. The molecule has 0 bridgehead atoms. The van der Waals surface area contributed by atoms with Crippen molar-refractivity contribution < 1.29 is 9.59 Å². The molecule has 0 spiro atoms. The summed E-state index contributed by atoms with van der Waals surface area (Å²) >= 11 is 0. The van der Waals surface area contributed by atoms with E-state index in [1.165, 1.54) is 0 Å². The zero-order chi connectivity index (χ0) is 23.9. The molecule has 0 radical (unpaired) electrons. The quantitative estimate of drug-likeness (QED) is 0.486. The molecule has 0 unspecified atom stereocenters. The van der Waals surface area contributed by atoms with E-state index in [0.29, 0.717) is 32.6 Å². The summed E-state index contributed by atoms with van der Waals surface area (Å²) in [4.78, 5) is 38.9. The van der Waals surface area contributed by atoms with Crippen LogP contribution in [0.2, 0.25) is 0 Å². The van der Waals surface area contributed by atoms with Gasteiger partial charge in [0.1, 0.15) is 0 Å². The van der Waals surface area contributed by atoms with E-state index in [-0.39, 0.29) is 11.8 Å². The number of para-hydroxylation sites is 1. The fourth-order valence-electron chi connectivity index (χ4n) is 5.65. The predicted molar refractivity (Wildman–Crippen MR) is 138 cm³/mol. The number of carbonyl (C=O) groups excluding carboxylic acids is 2.